The van der Waals surface area contributed by atoms with Gasteiger partial charge in [-0.2, -0.15) is 5.26 Å². The first-order chi connectivity index (χ1) is 12.9. The predicted molar refractivity (Wildman–Crippen MR) is 112 cm³/mol. The third-order valence-corrected chi connectivity index (χ3v) is 5.54. The Morgan fingerprint density at radius 3 is 2.41 bits per heavy atom. The van der Waals surface area contributed by atoms with Crippen molar-refractivity contribution >= 4 is 52.1 Å². The van der Waals surface area contributed by atoms with E-state index in [1.54, 1.807) is 12.1 Å². The zero-order valence-electron chi connectivity index (χ0n) is 14.4. The van der Waals surface area contributed by atoms with Gasteiger partial charge in [-0.1, -0.05) is 48.2 Å². The Labute approximate surface area is 173 Å². The van der Waals surface area contributed by atoms with Crippen molar-refractivity contribution in [3.63, 3.8) is 0 Å². The minimum atomic E-state index is -0.439. The summed E-state index contributed by atoms with van der Waals surface area (Å²) in [4.78, 5) is 12.3. The second-order valence-corrected chi connectivity index (χ2v) is 7.76. The summed E-state index contributed by atoms with van der Waals surface area (Å²) in [6.07, 6.45) is 3.95. The number of carbonyl (C=O) groups is 1. The maximum atomic E-state index is 12.3. The molecular formula is C20H17Cl2N3OS. The predicted octanol–water partition coefficient (Wildman–Crippen LogP) is 5.46. The van der Waals surface area contributed by atoms with Crippen molar-refractivity contribution in [2.24, 2.45) is 0 Å². The monoisotopic (exact) mass is 417 g/mol. The molecule has 0 unspecified atom stereocenters. The van der Waals surface area contributed by atoms with E-state index < -0.39 is 5.91 Å². The highest BCUT2D eigenvalue weighted by atomic mass is 35.5. The van der Waals surface area contributed by atoms with Gasteiger partial charge in [0.1, 0.15) is 0 Å². The highest BCUT2D eigenvalue weighted by Crippen LogP contribution is 2.40. The first kappa shape index (κ1) is 19.6. The Balaban J connectivity index is 1.65. The van der Waals surface area contributed by atoms with Gasteiger partial charge in [-0.05, 0) is 61.0 Å². The van der Waals surface area contributed by atoms with Crippen LogP contribution in [0.15, 0.2) is 42.5 Å². The zero-order chi connectivity index (χ0) is 19.4. The average molecular weight is 418 g/mol. The van der Waals surface area contributed by atoms with Crippen LogP contribution in [0.5, 0.6) is 0 Å². The highest BCUT2D eigenvalue weighted by Gasteiger charge is 2.35. The van der Waals surface area contributed by atoms with Crippen LogP contribution < -0.4 is 10.6 Å². The van der Waals surface area contributed by atoms with Crippen molar-refractivity contribution in [2.45, 2.75) is 31.1 Å². The van der Waals surface area contributed by atoms with E-state index in [0.29, 0.717) is 10.0 Å². The number of rotatable bonds is 3. The average Bonchev–Trinajstić information content (AvgIpc) is 3.14. The third kappa shape index (κ3) is 4.41. The van der Waals surface area contributed by atoms with Crippen molar-refractivity contribution in [2.75, 3.05) is 5.32 Å². The second-order valence-electron chi connectivity index (χ2n) is 6.51. The molecule has 2 aromatic rings. The molecule has 0 spiro atoms. The molecule has 0 radical (unpaired) electrons. The molecular weight excluding hydrogens is 401 g/mol. The number of nitrogens with one attached hydrogen (secondary N) is 2. The van der Waals surface area contributed by atoms with Gasteiger partial charge in [0, 0.05) is 10.7 Å². The number of halogens is 2. The van der Waals surface area contributed by atoms with Crippen LogP contribution in [0.25, 0.3) is 0 Å². The van der Waals surface area contributed by atoms with E-state index in [1.165, 1.54) is 6.07 Å². The summed E-state index contributed by atoms with van der Waals surface area (Å²) < 4.78 is 0. The van der Waals surface area contributed by atoms with E-state index in [9.17, 15) is 10.1 Å². The molecule has 0 atom stereocenters. The number of nitriles is 1. The summed E-state index contributed by atoms with van der Waals surface area (Å²) in [5.74, 6) is -0.439. The van der Waals surface area contributed by atoms with Crippen LogP contribution in [0.4, 0.5) is 5.69 Å². The molecule has 0 heterocycles. The summed E-state index contributed by atoms with van der Waals surface area (Å²) in [5.41, 5.74) is 1.62. The van der Waals surface area contributed by atoms with Crippen molar-refractivity contribution < 1.29 is 4.79 Å². The SMILES string of the molecule is N#CC1(c2ccc(NC(=S)NC(=O)c3cc(Cl)ccc3Cl)cc2)CCCC1. The van der Waals surface area contributed by atoms with E-state index in [-0.39, 0.29) is 16.1 Å². The number of nitrogens with zero attached hydrogens (tertiary/aromatic N) is 1. The van der Waals surface area contributed by atoms with Crippen molar-refractivity contribution in [1.29, 1.82) is 5.26 Å². The van der Waals surface area contributed by atoms with Gasteiger partial charge in [0.05, 0.1) is 22.1 Å². The van der Waals surface area contributed by atoms with Gasteiger partial charge >= 0.3 is 0 Å². The Hall–Kier alpha value is -2.13. The van der Waals surface area contributed by atoms with Crippen LogP contribution in [0.2, 0.25) is 10.0 Å². The van der Waals surface area contributed by atoms with E-state index >= 15 is 0 Å². The fourth-order valence-corrected chi connectivity index (χ4v) is 3.91. The Morgan fingerprint density at radius 2 is 1.78 bits per heavy atom. The lowest BCUT2D eigenvalue weighted by atomic mass is 9.80. The lowest BCUT2D eigenvalue weighted by molar-refractivity contribution is 0.0978. The zero-order valence-corrected chi connectivity index (χ0v) is 16.7. The number of anilines is 1. The number of benzene rings is 2. The van der Waals surface area contributed by atoms with Gasteiger partial charge in [0.15, 0.2) is 5.11 Å². The molecule has 2 aromatic carbocycles. The number of thiocarbonyl (C=S) groups is 1. The van der Waals surface area contributed by atoms with Gasteiger partial charge in [0.25, 0.3) is 5.91 Å². The second kappa shape index (κ2) is 8.26. The lowest BCUT2D eigenvalue weighted by Gasteiger charge is -2.21. The molecule has 1 amide bonds. The molecule has 138 valence electrons. The summed E-state index contributed by atoms with van der Waals surface area (Å²) in [6.45, 7) is 0. The largest absolute Gasteiger partial charge is 0.332 e. The Morgan fingerprint density at radius 1 is 1.11 bits per heavy atom. The maximum absolute atomic E-state index is 12.3. The van der Waals surface area contributed by atoms with E-state index in [2.05, 4.69) is 16.7 Å². The molecule has 2 N–H and O–H groups in total. The standard InChI is InChI=1S/C20H17Cl2N3OS/c21-14-5-8-17(22)16(11-14)18(26)25-19(27)24-15-6-3-13(4-7-15)20(12-23)9-1-2-10-20/h3-8,11H,1-2,9-10H2,(H2,24,25,26,27). The van der Waals surface area contributed by atoms with Crippen LogP contribution >= 0.6 is 35.4 Å². The van der Waals surface area contributed by atoms with Gasteiger partial charge in [-0.25, -0.2) is 0 Å². The molecule has 1 saturated carbocycles. The molecule has 0 aliphatic heterocycles. The smallest absolute Gasteiger partial charge is 0.258 e. The van der Waals surface area contributed by atoms with Crippen LogP contribution in [-0.2, 0) is 5.41 Å². The van der Waals surface area contributed by atoms with Gasteiger partial charge in [0.2, 0.25) is 0 Å². The number of carbonyl (C=O) groups excluding carboxylic acids is 1. The van der Waals surface area contributed by atoms with Gasteiger partial charge in [-0.15, -0.1) is 0 Å². The normalized spacial score (nSPS) is 15.0. The van der Waals surface area contributed by atoms with E-state index in [4.69, 9.17) is 35.4 Å². The van der Waals surface area contributed by atoms with Crippen LogP contribution in [0.1, 0.15) is 41.6 Å². The van der Waals surface area contributed by atoms with Crippen molar-refractivity contribution in [1.82, 2.24) is 5.32 Å². The lowest BCUT2D eigenvalue weighted by Crippen LogP contribution is -2.34. The van der Waals surface area contributed by atoms with E-state index in [0.717, 1.165) is 36.9 Å². The summed E-state index contributed by atoms with van der Waals surface area (Å²) in [5, 5.41) is 16.0. The molecule has 0 aromatic heterocycles. The number of hydrogen-bond acceptors (Lipinski definition) is 3. The van der Waals surface area contributed by atoms with Crippen LogP contribution in [-0.4, -0.2) is 11.0 Å². The molecule has 0 saturated heterocycles. The fraction of sp³-hybridized carbons (Fsp3) is 0.250. The van der Waals surface area contributed by atoms with Crippen LogP contribution in [0, 0.1) is 11.3 Å². The van der Waals surface area contributed by atoms with Gasteiger partial charge in [-0.3, -0.25) is 10.1 Å². The molecule has 1 fully saturated rings. The maximum Gasteiger partial charge on any atom is 0.258 e. The number of amides is 1. The topological polar surface area (TPSA) is 64.9 Å². The molecule has 0 bridgehead atoms. The molecule has 1 aliphatic rings. The first-order valence-electron chi connectivity index (χ1n) is 8.53. The molecule has 4 nitrogen and oxygen atoms in total. The van der Waals surface area contributed by atoms with E-state index in [1.807, 2.05) is 24.3 Å². The van der Waals surface area contributed by atoms with Crippen LogP contribution in [0.3, 0.4) is 0 Å². The summed E-state index contributed by atoms with van der Waals surface area (Å²) in [6, 6.07) is 14.7. The van der Waals surface area contributed by atoms with Gasteiger partial charge < -0.3 is 5.32 Å². The number of hydrogen-bond donors (Lipinski definition) is 2. The molecule has 1 aliphatic carbocycles. The Kier molecular flexibility index (Phi) is 6.01. The molecule has 27 heavy (non-hydrogen) atoms. The molecule has 7 heteroatoms. The minimum Gasteiger partial charge on any atom is -0.332 e. The summed E-state index contributed by atoms with van der Waals surface area (Å²) >= 11 is 17.1. The Bertz CT molecular complexity index is 916. The summed E-state index contributed by atoms with van der Waals surface area (Å²) in [7, 11) is 0. The fourth-order valence-electron chi connectivity index (χ4n) is 3.32. The van der Waals surface area contributed by atoms with Crippen molar-refractivity contribution in [3.05, 3.63) is 63.6 Å². The minimum absolute atomic E-state index is 0.152. The third-order valence-electron chi connectivity index (χ3n) is 4.77. The highest BCUT2D eigenvalue weighted by molar-refractivity contribution is 7.80. The molecule has 3 rings (SSSR count). The quantitative estimate of drug-likeness (QED) is 0.650. The van der Waals surface area contributed by atoms with Crippen molar-refractivity contribution in [3.8, 4) is 6.07 Å². The first-order valence-corrected chi connectivity index (χ1v) is 9.69.